The third-order valence-corrected chi connectivity index (χ3v) is 3.46. The molecule has 1 unspecified atom stereocenters. The molecule has 0 radical (unpaired) electrons. The number of ether oxygens (including phenoxy) is 1. The van der Waals surface area contributed by atoms with Crippen LogP contribution in [-0.2, 0) is 4.74 Å². The van der Waals surface area contributed by atoms with Crippen LogP contribution < -0.4 is 10.6 Å². The van der Waals surface area contributed by atoms with E-state index in [0.717, 1.165) is 0 Å². The minimum absolute atomic E-state index is 0.0293. The lowest BCUT2D eigenvalue weighted by atomic mass is 10.0. The fourth-order valence-electron chi connectivity index (χ4n) is 2.52. The number of carbonyl (C=O) groups is 1. The van der Waals surface area contributed by atoms with Gasteiger partial charge in [-0.2, -0.15) is 13.2 Å². The van der Waals surface area contributed by atoms with Gasteiger partial charge in [-0.05, 0) is 53.6 Å². The third-order valence-electron chi connectivity index (χ3n) is 3.46. The zero-order valence-corrected chi connectivity index (χ0v) is 14.3. The Labute approximate surface area is 135 Å². The molecule has 1 rings (SSSR count). The second-order valence-electron chi connectivity index (χ2n) is 7.12. The monoisotopic (exact) mass is 339 g/mol. The van der Waals surface area contributed by atoms with Crippen molar-refractivity contribution < 1.29 is 22.7 Å². The molecule has 1 heterocycles. The molecule has 1 aliphatic rings. The number of alkyl halides is 3. The van der Waals surface area contributed by atoms with Gasteiger partial charge >= 0.3 is 12.3 Å². The second kappa shape index (κ2) is 8.19. The molecule has 0 spiro atoms. The number of likely N-dealkylation sites (tertiary alicyclic amines) is 1. The average Bonchev–Trinajstić information content (AvgIpc) is 2.35. The molecule has 1 atom stereocenters. The normalized spacial score (nSPS) is 19.4. The number of hydrogen-bond donors (Lipinski definition) is 2. The largest absolute Gasteiger partial charge is 0.444 e. The van der Waals surface area contributed by atoms with E-state index in [1.165, 1.54) is 4.90 Å². The summed E-state index contributed by atoms with van der Waals surface area (Å²) < 4.78 is 42.1. The van der Waals surface area contributed by atoms with Gasteiger partial charge in [-0.1, -0.05) is 0 Å². The zero-order chi connectivity index (χ0) is 17.7. The van der Waals surface area contributed by atoms with E-state index < -0.39 is 24.4 Å². The van der Waals surface area contributed by atoms with Crippen molar-refractivity contribution in [3.63, 3.8) is 0 Å². The Balaban J connectivity index is 2.21. The van der Waals surface area contributed by atoms with Crippen LogP contribution in [0.2, 0.25) is 0 Å². The van der Waals surface area contributed by atoms with Crippen molar-refractivity contribution >= 4 is 6.09 Å². The van der Waals surface area contributed by atoms with Gasteiger partial charge in [-0.25, -0.2) is 4.79 Å². The predicted molar refractivity (Wildman–Crippen MR) is 82.4 cm³/mol. The summed E-state index contributed by atoms with van der Waals surface area (Å²) in [5.74, 6) is 0. The lowest BCUT2D eigenvalue weighted by Crippen LogP contribution is -2.50. The Morgan fingerprint density at radius 1 is 1.26 bits per heavy atom. The summed E-state index contributed by atoms with van der Waals surface area (Å²) >= 11 is 0. The number of hydrogen-bond acceptors (Lipinski definition) is 4. The molecular weight excluding hydrogens is 311 g/mol. The molecule has 2 N–H and O–H groups in total. The highest BCUT2D eigenvalue weighted by Crippen LogP contribution is 2.19. The van der Waals surface area contributed by atoms with E-state index in [1.54, 1.807) is 20.8 Å². The Bertz CT molecular complexity index is 375. The predicted octanol–water partition coefficient (Wildman–Crippen LogP) is 2.52. The summed E-state index contributed by atoms with van der Waals surface area (Å²) in [6, 6.07) is 0.205. The number of rotatable bonds is 5. The third kappa shape index (κ3) is 9.65. The number of alkyl carbamates (subject to hydrolysis) is 1. The molecule has 1 saturated heterocycles. The second-order valence-corrected chi connectivity index (χ2v) is 7.12. The molecule has 1 amide bonds. The lowest BCUT2D eigenvalue weighted by molar-refractivity contribution is -0.148. The summed E-state index contributed by atoms with van der Waals surface area (Å²) in [5.41, 5.74) is -0.536. The van der Waals surface area contributed by atoms with Crippen molar-refractivity contribution in [2.75, 3.05) is 26.2 Å². The van der Waals surface area contributed by atoms with Crippen LogP contribution in [0.15, 0.2) is 0 Å². The molecule has 5 nitrogen and oxygen atoms in total. The molecule has 0 aromatic heterocycles. The van der Waals surface area contributed by atoms with E-state index in [4.69, 9.17) is 4.74 Å². The maximum absolute atomic E-state index is 12.3. The first-order chi connectivity index (χ1) is 10.4. The Morgan fingerprint density at radius 3 is 2.30 bits per heavy atom. The number of carbonyl (C=O) groups excluding carboxylic acids is 1. The molecular formula is C15H28F3N3O2. The fraction of sp³-hybridized carbons (Fsp3) is 0.933. The van der Waals surface area contributed by atoms with Crippen LogP contribution in [0.1, 0.15) is 40.5 Å². The average molecular weight is 339 g/mol. The van der Waals surface area contributed by atoms with E-state index in [2.05, 4.69) is 10.6 Å². The van der Waals surface area contributed by atoms with E-state index in [9.17, 15) is 18.0 Å². The van der Waals surface area contributed by atoms with Crippen LogP contribution in [0, 0.1) is 0 Å². The van der Waals surface area contributed by atoms with Crippen molar-refractivity contribution in [1.29, 1.82) is 0 Å². The molecule has 0 saturated carbocycles. The minimum atomic E-state index is -4.13. The fourth-order valence-corrected chi connectivity index (χ4v) is 2.52. The highest BCUT2D eigenvalue weighted by Gasteiger charge is 2.32. The number of nitrogens with zero attached hydrogens (tertiary/aromatic N) is 1. The molecule has 0 aromatic carbocycles. The van der Waals surface area contributed by atoms with Gasteiger partial charge in [0.2, 0.25) is 0 Å². The van der Waals surface area contributed by atoms with Crippen molar-refractivity contribution in [2.24, 2.45) is 0 Å². The van der Waals surface area contributed by atoms with Crippen molar-refractivity contribution in [3.8, 4) is 0 Å². The summed E-state index contributed by atoms with van der Waals surface area (Å²) in [6.45, 7) is 7.76. The van der Waals surface area contributed by atoms with Gasteiger partial charge in [0.05, 0.1) is 6.54 Å². The highest BCUT2D eigenvalue weighted by atomic mass is 19.4. The van der Waals surface area contributed by atoms with Gasteiger partial charge in [-0.3, -0.25) is 4.90 Å². The quantitative estimate of drug-likeness (QED) is 0.808. The molecule has 0 bridgehead atoms. The van der Waals surface area contributed by atoms with E-state index in [1.807, 2.05) is 6.92 Å². The molecule has 1 aliphatic heterocycles. The number of amides is 1. The molecule has 23 heavy (non-hydrogen) atoms. The SMILES string of the molecule is CC(CNC(=O)OC(C)(C)C)NC1CCN(CC(F)(F)F)CC1. The van der Waals surface area contributed by atoms with Crippen LogP contribution in [0.25, 0.3) is 0 Å². The summed E-state index contributed by atoms with van der Waals surface area (Å²) in [4.78, 5) is 13.0. The van der Waals surface area contributed by atoms with Gasteiger partial charge in [0.15, 0.2) is 0 Å². The summed E-state index contributed by atoms with van der Waals surface area (Å²) in [6.07, 6.45) is -3.25. The number of piperidine rings is 1. The van der Waals surface area contributed by atoms with Crippen LogP contribution in [-0.4, -0.2) is 61.0 Å². The summed E-state index contributed by atoms with van der Waals surface area (Å²) in [7, 11) is 0. The van der Waals surface area contributed by atoms with Crippen LogP contribution in [0.5, 0.6) is 0 Å². The van der Waals surface area contributed by atoms with E-state index >= 15 is 0 Å². The van der Waals surface area contributed by atoms with Gasteiger partial charge in [-0.15, -0.1) is 0 Å². The Hall–Kier alpha value is -1.02. The first-order valence-corrected chi connectivity index (χ1v) is 7.96. The Kier molecular flexibility index (Phi) is 7.13. The molecule has 0 aliphatic carbocycles. The van der Waals surface area contributed by atoms with Crippen molar-refractivity contribution in [3.05, 3.63) is 0 Å². The molecule has 1 fully saturated rings. The maximum atomic E-state index is 12.3. The molecule has 8 heteroatoms. The maximum Gasteiger partial charge on any atom is 0.407 e. The van der Waals surface area contributed by atoms with Crippen molar-refractivity contribution in [1.82, 2.24) is 15.5 Å². The van der Waals surface area contributed by atoms with Gasteiger partial charge in [0.25, 0.3) is 0 Å². The van der Waals surface area contributed by atoms with Crippen LogP contribution in [0.3, 0.4) is 0 Å². The van der Waals surface area contributed by atoms with Crippen molar-refractivity contribution in [2.45, 2.75) is 64.4 Å². The lowest BCUT2D eigenvalue weighted by Gasteiger charge is -2.34. The minimum Gasteiger partial charge on any atom is -0.444 e. The van der Waals surface area contributed by atoms with Gasteiger partial charge in [0, 0.05) is 18.6 Å². The van der Waals surface area contributed by atoms with Crippen LogP contribution >= 0.6 is 0 Å². The summed E-state index contributed by atoms with van der Waals surface area (Å²) in [5, 5.41) is 6.03. The number of halogens is 3. The number of nitrogens with one attached hydrogen (secondary N) is 2. The molecule has 136 valence electrons. The topological polar surface area (TPSA) is 53.6 Å². The molecule has 0 aromatic rings. The van der Waals surface area contributed by atoms with E-state index in [0.29, 0.717) is 32.5 Å². The first-order valence-electron chi connectivity index (χ1n) is 7.96. The highest BCUT2D eigenvalue weighted by molar-refractivity contribution is 5.67. The first kappa shape index (κ1) is 20.0. The van der Waals surface area contributed by atoms with E-state index in [-0.39, 0.29) is 12.1 Å². The Morgan fingerprint density at radius 2 is 1.83 bits per heavy atom. The zero-order valence-electron chi connectivity index (χ0n) is 14.3. The van der Waals surface area contributed by atoms with Gasteiger partial charge in [0.1, 0.15) is 5.60 Å². The van der Waals surface area contributed by atoms with Gasteiger partial charge < -0.3 is 15.4 Å². The standard InChI is InChI=1S/C15H28F3N3O2/c1-11(9-19-13(22)23-14(2,3)4)20-12-5-7-21(8-6-12)10-15(16,17)18/h11-12,20H,5-10H2,1-4H3,(H,19,22). The van der Waals surface area contributed by atoms with Crippen LogP contribution in [0.4, 0.5) is 18.0 Å². The smallest absolute Gasteiger partial charge is 0.407 e.